The fourth-order valence-corrected chi connectivity index (χ4v) is 3.14. The molecule has 0 aliphatic heterocycles. The Balaban J connectivity index is 1.78. The number of carbonyl (C=O) groups excluding carboxylic acids is 1. The van der Waals surface area contributed by atoms with E-state index in [-0.39, 0.29) is 11.9 Å². The summed E-state index contributed by atoms with van der Waals surface area (Å²) in [6.45, 7) is 2.21. The molecule has 1 aromatic heterocycles. The highest BCUT2D eigenvalue weighted by molar-refractivity contribution is 6.00. The Morgan fingerprint density at radius 2 is 1.82 bits per heavy atom. The highest BCUT2D eigenvalue weighted by atomic mass is 16.5. The minimum Gasteiger partial charge on any atom is -0.497 e. The number of hydrogen-bond donors (Lipinski definition) is 1. The first-order valence-electron chi connectivity index (χ1n) is 9.11. The lowest BCUT2D eigenvalue weighted by atomic mass is 10.0. The molecule has 0 bridgehead atoms. The second-order valence-corrected chi connectivity index (χ2v) is 6.79. The van der Waals surface area contributed by atoms with Crippen LogP contribution in [0.5, 0.6) is 5.75 Å². The summed E-state index contributed by atoms with van der Waals surface area (Å²) in [6, 6.07) is 17.5. The average Bonchev–Trinajstić information content (AvgIpc) is 3.10. The van der Waals surface area contributed by atoms with Gasteiger partial charge in [-0.3, -0.25) is 4.79 Å². The van der Waals surface area contributed by atoms with Gasteiger partial charge in [0.25, 0.3) is 5.91 Å². The topological polar surface area (TPSA) is 67.6 Å². The first-order valence-corrected chi connectivity index (χ1v) is 9.11. The monoisotopic (exact) mass is 379 g/mol. The highest BCUT2D eigenvalue weighted by Gasteiger charge is 2.23. The van der Waals surface area contributed by atoms with Crippen LogP contribution in [0.1, 0.15) is 27.7 Å². The molecule has 0 fully saturated rings. The number of aromatic nitrogens is 1. The van der Waals surface area contributed by atoms with E-state index in [0.717, 1.165) is 16.9 Å². The lowest BCUT2D eigenvalue weighted by molar-refractivity contribution is 0.0941. The third-order valence-electron chi connectivity index (χ3n) is 4.72. The van der Waals surface area contributed by atoms with E-state index in [2.05, 4.69) is 15.4 Å². The van der Waals surface area contributed by atoms with E-state index >= 15 is 0 Å². The van der Waals surface area contributed by atoms with Crippen LogP contribution in [0, 0.1) is 6.92 Å². The zero-order valence-electron chi connectivity index (χ0n) is 16.6. The molecule has 0 saturated heterocycles. The predicted octanol–water partition coefficient (Wildman–Crippen LogP) is 3.69. The lowest BCUT2D eigenvalue weighted by Crippen LogP contribution is -2.34. The number of methoxy groups -OCH3 is 1. The Labute approximate surface area is 165 Å². The maximum absolute atomic E-state index is 12.9. The molecule has 0 aliphatic carbocycles. The molecule has 0 saturated carbocycles. The fourth-order valence-electron chi connectivity index (χ4n) is 3.14. The van der Waals surface area contributed by atoms with Gasteiger partial charge in [0.1, 0.15) is 22.8 Å². The smallest absolute Gasteiger partial charge is 0.257 e. The molecule has 6 nitrogen and oxygen atoms in total. The normalized spacial score (nSPS) is 12.0. The van der Waals surface area contributed by atoms with Crippen molar-refractivity contribution in [1.82, 2.24) is 15.4 Å². The number of benzene rings is 2. The van der Waals surface area contributed by atoms with Gasteiger partial charge in [-0.15, -0.1) is 0 Å². The maximum atomic E-state index is 12.9. The minimum atomic E-state index is -0.196. The lowest BCUT2D eigenvalue weighted by Gasteiger charge is -2.25. The van der Waals surface area contributed by atoms with Gasteiger partial charge in [-0.25, -0.2) is 0 Å². The van der Waals surface area contributed by atoms with Crippen LogP contribution >= 0.6 is 0 Å². The molecule has 146 valence electrons. The van der Waals surface area contributed by atoms with Gasteiger partial charge in [-0.05, 0) is 38.7 Å². The summed E-state index contributed by atoms with van der Waals surface area (Å²) in [6.07, 6.45) is 0. The van der Waals surface area contributed by atoms with Crippen molar-refractivity contribution < 1.29 is 14.1 Å². The molecular formula is C22H25N3O3. The van der Waals surface area contributed by atoms with E-state index < -0.39 is 0 Å². The van der Waals surface area contributed by atoms with Crippen LogP contribution < -0.4 is 10.1 Å². The van der Waals surface area contributed by atoms with Gasteiger partial charge < -0.3 is 19.5 Å². The molecule has 0 spiro atoms. The highest BCUT2D eigenvalue weighted by Crippen LogP contribution is 2.25. The van der Waals surface area contributed by atoms with Crippen molar-refractivity contribution in [3.63, 3.8) is 0 Å². The molecule has 2 aromatic carbocycles. The summed E-state index contributed by atoms with van der Waals surface area (Å²) in [5.74, 6) is 1.11. The largest absolute Gasteiger partial charge is 0.497 e. The van der Waals surface area contributed by atoms with Gasteiger partial charge in [0.2, 0.25) is 0 Å². The number of carbonyl (C=O) groups is 1. The molecule has 3 aromatic rings. The van der Waals surface area contributed by atoms with Crippen molar-refractivity contribution in [2.45, 2.75) is 13.0 Å². The molecule has 0 radical (unpaired) electrons. The van der Waals surface area contributed by atoms with Crippen LogP contribution in [-0.2, 0) is 0 Å². The number of ether oxygens (including phenoxy) is 1. The first kappa shape index (κ1) is 19.6. The quantitative estimate of drug-likeness (QED) is 0.678. The average molecular weight is 379 g/mol. The molecule has 1 heterocycles. The summed E-state index contributed by atoms with van der Waals surface area (Å²) < 4.78 is 10.5. The molecule has 6 heteroatoms. The van der Waals surface area contributed by atoms with Crippen molar-refractivity contribution >= 4 is 5.91 Å². The van der Waals surface area contributed by atoms with E-state index in [1.54, 1.807) is 14.0 Å². The molecule has 1 unspecified atom stereocenters. The van der Waals surface area contributed by atoms with E-state index in [4.69, 9.17) is 9.26 Å². The standard InChI is InChI=1S/C22H25N3O3/c1-15-20(21(24-28-15)17-8-6-5-7-9-17)22(26)23-14-19(25(2)3)16-10-12-18(27-4)13-11-16/h5-13,19H,14H2,1-4H3,(H,23,26). The zero-order valence-corrected chi connectivity index (χ0v) is 16.6. The fraction of sp³-hybridized carbons (Fsp3) is 0.273. The number of likely N-dealkylation sites (N-methyl/N-ethyl adjacent to an activating group) is 1. The summed E-state index contributed by atoms with van der Waals surface area (Å²) in [5.41, 5.74) is 2.97. The van der Waals surface area contributed by atoms with Crippen LogP contribution in [0.25, 0.3) is 11.3 Å². The number of hydrogen-bond acceptors (Lipinski definition) is 5. The van der Waals surface area contributed by atoms with Crippen molar-refractivity contribution in [3.05, 3.63) is 71.5 Å². The van der Waals surface area contributed by atoms with Gasteiger partial charge in [0.15, 0.2) is 0 Å². The van der Waals surface area contributed by atoms with E-state index in [1.807, 2.05) is 68.7 Å². The molecular weight excluding hydrogens is 354 g/mol. The number of rotatable bonds is 7. The molecule has 1 atom stereocenters. The van der Waals surface area contributed by atoms with E-state index in [0.29, 0.717) is 23.6 Å². The summed E-state index contributed by atoms with van der Waals surface area (Å²) in [7, 11) is 5.62. The Morgan fingerprint density at radius 1 is 1.14 bits per heavy atom. The molecule has 28 heavy (non-hydrogen) atoms. The Hall–Kier alpha value is -3.12. The van der Waals surface area contributed by atoms with Crippen molar-refractivity contribution in [1.29, 1.82) is 0 Å². The Morgan fingerprint density at radius 3 is 2.43 bits per heavy atom. The molecule has 1 amide bonds. The molecule has 3 rings (SSSR count). The van der Waals surface area contributed by atoms with Gasteiger partial charge in [0.05, 0.1) is 13.2 Å². The van der Waals surface area contributed by atoms with Crippen molar-refractivity contribution in [2.75, 3.05) is 27.7 Å². The Bertz CT molecular complexity index is 918. The predicted molar refractivity (Wildman–Crippen MR) is 108 cm³/mol. The van der Waals surface area contributed by atoms with Crippen molar-refractivity contribution in [2.24, 2.45) is 0 Å². The van der Waals surface area contributed by atoms with Gasteiger partial charge >= 0.3 is 0 Å². The third-order valence-corrected chi connectivity index (χ3v) is 4.72. The zero-order chi connectivity index (χ0) is 20.1. The third kappa shape index (κ3) is 4.23. The summed E-state index contributed by atoms with van der Waals surface area (Å²) in [4.78, 5) is 15.0. The number of aryl methyl sites for hydroxylation is 1. The Kier molecular flexibility index (Phi) is 6.11. The molecule has 0 aliphatic rings. The van der Waals surface area contributed by atoms with Crippen molar-refractivity contribution in [3.8, 4) is 17.0 Å². The van der Waals surface area contributed by atoms with Crippen LogP contribution in [-0.4, -0.2) is 43.7 Å². The summed E-state index contributed by atoms with van der Waals surface area (Å²) in [5, 5.41) is 7.12. The summed E-state index contributed by atoms with van der Waals surface area (Å²) >= 11 is 0. The van der Waals surface area contributed by atoms with Crippen LogP contribution in [0.4, 0.5) is 0 Å². The van der Waals surface area contributed by atoms with E-state index in [9.17, 15) is 4.79 Å². The second-order valence-electron chi connectivity index (χ2n) is 6.79. The second kappa shape index (κ2) is 8.71. The SMILES string of the molecule is COc1ccc(C(CNC(=O)c2c(-c3ccccc3)noc2C)N(C)C)cc1. The van der Waals surface area contributed by atoms with Crippen LogP contribution in [0.15, 0.2) is 59.1 Å². The van der Waals surface area contributed by atoms with Crippen LogP contribution in [0.2, 0.25) is 0 Å². The first-order chi connectivity index (χ1) is 13.5. The maximum Gasteiger partial charge on any atom is 0.257 e. The molecule has 1 N–H and O–H groups in total. The van der Waals surface area contributed by atoms with Gasteiger partial charge in [-0.2, -0.15) is 0 Å². The van der Waals surface area contributed by atoms with Crippen LogP contribution in [0.3, 0.4) is 0 Å². The van der Waals surface area contributed by atoms with Gasteiger partial charge in [0, 0.05) is 12.1 Å². The van der Waals surface area contributed by atoms with E-state index in [1.165, 1.54) is 0 Å². The number of nitrogens with one attached hydrogen (secondary N) is 1. The minimum absolute atomic E-state index is 0.0233. The van der Waals surface area contributed by atoms with Gasteiger partial charge in [-0.1, -0.05) is 47.6 Å². The number of amides is 1. The number of nitrogens with zero attached hydrogens (tertiary/aromatic N) is 2.